The first-order valence-electron chi connectivity index (χ1n) is 5.07. The molecule has 0 saturated carbocycles. The quantitative estimate of drug-likeness (QED) is 0.678. The molecule has 2 heterocycles. The normalized spacial score (nSPS) is 18.2. The van der Waals surface area contributed by atoms with Crippen molar-refractivity contribution in [1.29, 1.82) is 0 Å². The summed E-state index contributed by atoms with van der Waals surface area (Å²) in [6.07, 6.45) is 1.15. The SMILES string of the molecule is COc1ccc2c(c1)C1=NCCCN1S2. The van der Waals surface area contributed by atoms with Gasteiger partial charge in [-0.25, -0.2) is 0 Å². The number of methoxy groups -OCH3 is 1. The van der Waals surface area contributed by atoms with Crippen LogP contribution in [0.15, 0.2) is 28.1 Å². The summed E-state index contributed by atoms with van der Waals surface area (Å²) in [5.74, 6) is 2.03. The Bertz CT molecular complexity index is 431. The molecule has 0 atom stereocenters. The summed E-state index contributed by atoms with van der Waals surface area (Å²) in [5.41, 5.74) is 1.22. The summed E-state index contributed by atoms with van der Waals surface area (Å²) in [7, 11) is 1.70. The molecule has 0 saturated heterocycles. The number of fused-ring (bicyclic) bond motifs is 3. The summed E-state index contributed by atoms with van der Waals surface area (Å²) in [4.78, 5) is 5.86. The second-order valence-corrected chi connectivity index (χ2v) is 4.68. The first-order chi connectivity index (χ1) is 7.38. The molecule has 1 aromatic carbocycles. The van der Waals surface area contributed by atoms with Crippen molar-refractivity contribution in [2.24, 2.45) is 4.99 Å². The van der Waals surface area contributed by atoms with Crippen molar-refractivity contribution in [1.82, 2.24) is 4.31 Å². The van der Waals surface area contributed by atoms with Crippen LogP contribution in [0, 0.1) is 0 Å². The highest BCUT2D eigenvalue weighted by Crippen LogP contribution is 2.39. The van der Waals surface area contributed by atoms with E-state index < -0.39 is 0 Å². The first-order valence-corrected chi connectivity index (χ1v) is 5.84. The van der Waals surface area contributed by atoms with Crippen molar-refractivity contribution in [3.8, 4) is 5.75 Å². The van der Waals surface area contributed by atoms with E-state index in [1.807, 2.05) is 6.07 Å². The Labute approximate surface area is 93.3 Å². The van der Waals surface area contributed by atoms with E-state index in [-0.39, 0.29) is 0 Å². The number of benzene rings is 1. The van der Waals surface area contributed by atoms with Crippen molar-refractivity contribution in [2.45, 2.75) is 11.3 Å². The average Bonchev–Trinajstić information content (AvgIpc) is 2.66. The van der Waals surface area contributed by atoms with E-state index in [0.717, 1.165) is 31.1 Å². The van der Waals surface area contributed by atoms with Gasteiger partial charge < -0.3 is 4.74 Å². The molecule has 3 rings (SSSR count). The van der Waals surface area contributed by atoms with Gasteiger partial charge in [0.15, 0.2) is 0 Å². The predicted molar refractivity (Wildman–Crippen MR) is 61.6 cm³/mol. The molecule has 78 valence electrons. The average molecular weight is 220 g/mol. The molecule has 0 spiro atoms. The minimum Gasteiger partial charge on any atom is -0.497 e. The molecule has 4 heteroatoms. The Morgan fingerprint density at radius 3 is 3.27 bits per heavy atom. The second-order valence-electron chi connectivity index (χ2n) is 3.61. The maximum Gasteiger partial charge on any atom is 0.142 e. The molecule has 0 fully saturated rings. The van der Waals surface area contributed by atoms with Gasteiger partial charge in [0.2, 0.25) is 0 Å². The van der Waals surface area contributed by atoms with Gasteiger partial charge in [-0.1, -0.05) is 0 Å². The maximum absolute atomic E-state index is 5.24. The molecule has 2 aliphatic heterocycles. The third kappa shape index (κ3) is 1.40. The molecule has 0 aromatic heterocycles. The number of hydrogen-bond acceptors (Lipinski definition) is 4. The largest absolute Gasteiger partial charge is 0.497 e. The Hall–Kier alpha value is -1.16. The lowest BCUT2D eigenvalue weighted by Gasteiger charge is -2.20. The highest BCUT2D eigenvalue weighted by molar-refractivity contribution is 7.98. The molecular weight excluding hydrogens is 208 g/mol. The zero-order chi connectivity index (χ0) is 10.3. The van der Waals surface area contributed by atoms with Gasteiger partial charge in [0, 0.05) is 23.5 Å². The third-order valence-corrected chi connectivity index (χ3v) is 3.78. The molecule has 0 aliphatic carbocycles. The van der Waals surface area contributed by atoms with Crippen LogP contribution in [0.4, 0.5) is 0 Å². The van der Waals surface area contributed by atoms with Crippen LogP contribution in [-0.4, -0.2) is 30.3 Å². The van der Waals surface area contributed by atoms with E-state index in [4.69, 9.17) is 4.74 Å². The van der Waals surface area contributed by atoms with Gasteiger partial charge in [0.1, 0.15) is 11.6 Å². The van der Waals surface area contributed by atoms with Crippen LogP contribution in [0.1, 0.15) is 12.0 Å². The van der Waals surface area contributed by atoms with Gasteiger partial charge in [0.25, 0.3) is 0 Å². The van der Waals surface area contributed by atoms with Gasteiger partial charge in [-0.3, -0.25) is 9.30 Å². The number of ether oxygens (including phenoxy) is 1. The number of rotatable bonds is 1. The number of aliphatic imine (C=N–C) groups is 1. The van der Waals surface area contributed by atoms with E-state index in [1.54, 1.807) is 19.1 Å². The van der Waals surface area contributed by atoms with Gasteiger partial charge in [0.05, 0.1) is 7.11 Å². The fourth-order valence-electron chi connectivity index (χ4n) is 1.90. The molecule has 1 aromatic rings. The van der Waals surface area contributed by atoms with E-state index in [2.05, 4.69) is 21.4 Å². The fourth-order valence-corrected chi connectivity index (χ4v) is 2.98. The van der Waals surface area contributed by atoms with Crippen LogP contribution in [0.25, 0.3) is 0 Å². The highest BCUT2D eigenvalue weighted by Gasteiger charge is 2.28. The third-order valence-electron chi connectivity index (χ3n) is 2.65. The number of nitrogens with zero attached hydrogens (tertiary/aromatic N) is 2. The summed E-state index contributed by atoms with van der Waals surface area (Å²) < 4.78 is 7.51. The van der Waals surface area contributed by atoms with Crippen molar-refractivity contribution >= 4 is 17.8 Å². The van der Waals surface area contributed by atoms with Gasteiger partial charge in [-0.2, -0.15) is 0 Å². The lowest BCUT2D eigenvalue weighted by Crippen LogP contribution is -2.26. The molecule has 0 bridgehead atoms. The topological polar surface area (TPSA) is 24.8 Å². The summed E-state index contributed by atoms with van der Waals surface area (Å²) in [5, 5.41) is 0. The van der Waals surface area contributed by atoms with Crippen molar-refractivity contribution in [3.05, 3.63) is 23.8 Å². The van der Waals surface area contributed by atoms with E-state index in [1.165, 1.54) is 10.5 Å². The monoisotopic (exact) mass is 220 g/mol. The Morgan fingerprint density at radius 2 is 2.40 bits per heavy atom. The Morgan fingerprint density at radius 1 is 1.47 bits per heavy atom. The van der Waals surface area contributed by atoms with Crippen molar-refractivity contribution in [3.63, 3.8) is 0 Å². The van der Waals surface area contributed by atoms with Crippen LogP contribution in [0.3, 0.4) is 0 Å². The van der Waals surface area contributed by atoms with Gasteiger partial charge in [-0.15, -0.1) is 0 Å². The van der Waals surface area contributed by atoms with Crippen LogP contribution in [0.2, 0.25) is 0 Å². The zero-order valence-electron chi connectivity index (χ0n) is 8.56. The highest BCUT2D eigenvalue weighted by atomic mass is 32.2. The number of amidine groups is 1. The summed E-state index contributed by atoms with van der Waals surface area (Å²) in [6.45, 7) is 2.05. The maximum atomic E-state index is 5.24. The minimum atomic E-state index is 0.907. The van der Waals surface area contributed by atoms with Gasteiger partial charge >= 0.3 is 0 Å². The molecular formula is C11H12N2OS. The van der Waals surface area contributed by atoms with E-state index in [0.29, 0.717) is 0 Å². The molecule has 2 aliphatic rings. The lowest BCUT2D eigenvalue weighted by molar-refractivity contribution is 0.414. The van der Waals surface area contributed by atoms with Crippen molar-refractivity contribution < 1.29 is 4.74 Å². The van der Waals surface area contributed by atoms with Crippen molar-refractivity contribution in [2.75, 3.05) is 20.2 Å². The molecule has 15 heavy (non-hydrogen) atoms. The Balaban J connectivity index is 2.08. The van der Waals surface area contributed by atoms with Crippen LogP contribution >= 0.6 is 11.9 Å². The standard InChI is InChI=1S/C11H12N2OS/c1-14-8-3-4-10-9(7-8)11-12-5-2-6-13(11)15-10/h3-4,7H,2,5-6H2,1H3. The molecule has 0 unspecified atom stereocenters. The van der Waals surface area contributed by atoms with E-state index in [9.17, 15) is 0 Å². The minimum absolute atomic E-state index is 0.907. The zero-order valence-corrected chi connectivity index (χ0v) is 9.38. The van der Waals surface area contributed by atoms with Crippen LogP contribution < -0.4 is 4.74 Å². The Kier molecular flexibility index (Phi) is 2.09. The van der Waals surface area contributed by atoms with Crippen LogP contribution in [-0.2, 0) is 0 Å². The molecule has 0 radical (unpaired) electrons. The number of hydrogen-bond donors (Lipinski definition) is 0. The fraction of sp³-hybridized carbons (Fsp3) is 0.364. The molecule has 0 amide bonds. The summed E-state index contributed by atoms with van der Waals surface area (Å²) in [6, 6.07) is 6.19. The second kappa shape index (κ2) is 3.45. The van der Waals surface area contributed by atoms with Gasteiger partial charge in [-0.05, 0) is 36.6 Å². The van der Waals surface area contributed by atoms with Crippen LogP contribution in [0.5, 0.6) is 5.75 Å². The first kappa shape index (κ1) is 9.09. The molecule has 0 N–H and O–H groups in total. The molecule has 3 nitrogen and oxygen atoms in total. The smallest absolute Gasteiger partial charge is 0.142 e. The predicted octanol–water partition coefficient (Wildman–Crippen LogP) is 2.17. The summed E-state index contributed by atoms with van der Waals surface area (Å²) >= 11 is 1.79. The lowest BCUT2D eigenvalue weighted by atomic mass is 10.1. The van der Waals surface area contributed by atoms with E-state index >= 15 is 0 Å².